The van der Waals surface area contributed by atoms with Gasteiger partial charge in [-0.1, -0.05) is 12.2 Å². The van der Waals surface area contributed by atoms with Crippen molar-refractivity contribution in [3.8, 4) is 0 Å². The molecule has 2 aliphatic rings. The molecule has 1 aromatic rings. The third-order valence-corrected chi connectivity index (χ3v) is 4.27. The second-order valence-corrected chi connectivity index (χ2v) is 5.77. The van der Waals surface area contributed by atoms with E-state index in [0.29, 0.717) is 18.1 Å². The summed E-state index contributed by atoms with van der Waals surface area (Å²) < 4.78 is 38.5. The predicted octanol–water partition coefficient (Wildman–Crippen LogP) is 3.89. The van der Waals surface area contributed by atoms with Crippen LogP contribution in [0.4, 0.5) is 30.2 Å². The van der Waals surface area contributed by atoms with Gasteiger partial charge in [-0.05, 0) is 18.8 Å². The van der Waals surface area contributed by atoms with E-state index in [0.717, 1.165) is 6.42 Å². The van der Waals surface area contributed by atoms with Gasteiger partial charge in [0.25, 0.3) is 0 Å². The summed E-state index contributed by atoms with van der Waals surface area (Å²) in [5.41, 5.74) is -1.34. The summed E-state index contributed by atoms with van der Waals surface area (Å²) in [7, 11) is 0. The van der Waals surface area contributed by atoms with Crippen LogP contribution in [0.15, 0.2) is 29.4 Å². The molecule has 2 atom stereocenters. The Morgan fingerprint density at radius 3 is 2.24 bits per heavy atom. The van der Waals surface area contributed by atoms with Gasteiger partial charge in [-0.15, -0.1) is 0 Å². The number of nitro groups is 2. The Morgan fingerprint density at radius 1 is 1.16 bits per heavy atom. The van der Waals surface area contributed by atoms with Gasteiger partial charge >= 0.3 is 17.6 Å². The zero-order chi connectivity index (χ0) is 18.4. The molecular formula is C14H11F3N4O4. The maximum absolute atomic E-state index is 12.8. The average molecular weight is 356 g/mol. The number of allylic oxidation sites excluding steroid dienone is 2. The van der Waals surface area contributed by atoms with Crippen molar-refractivity contribution in [2.75, 3.05) is 5.43 Å². The van der Waals surface area contributed by atoms with E-state index in [4.69, 9.17) is 0 Å². The van der Waals surface area contributed by atoms with Gasteiger partial charge in [0.15, 0.2) is 0 Å². The Labute approximate surface area is 138 Å². The summed E-state index contributed by atoms with van der Waals surface area (Å²) in [5, 5.41) is 26.2. The molecular weight excluding hydrogens is 345 g/mol. The van der Waals surface area contributed by atoms with Crippen molar-refractivity contribution in [1.82, 2.24) is 0 Å². The molecule has 0 spiro atoms. The SMILES string of the molecule is O=[N+]([O-])c1cc(C(F)(F)F)cc([N+](=O)[O-])c1N/N=C1/C[C@@H]2CC=C[C@@H]12. The van der Waals surface area contributed by atoms with Crippen molar-refractivity contribution >= 4 is 22.8 Å². The van der Waals surface area contributed by atoms with E-state index >= 15 is 0 Å². The zero-order valence-electron chi connectivity index (χ0n) is 12.5. The van der Waals surface area contributed by atoms with Crippen LogP contribution < -0.4 is 5.43 Å². The first-order valence-electron chi connectivity index (χ1n) is 7.21. The maximum atomic E-state index is 12.8. The minimum atomic E-state index is -4.95. The topological polar surface area (TPSA) is 111 Å². The molecule has 2 aliphatic carbocycles. The highest BCUT2D eigenvalue weighted by Gasteiger charge is 2.40. The van der Waals surface area contributed by atoms with Crippen LogP contribution in [0.25, 0.3) is 0 Å². The summed E-state index contributed by atoms with van der Waals surface area (Å²) in [4.78, 5) is 20.0. The number of nitro benzene ring substituents is 2. The number of fused-ring (bicyclic) bond motifs is 1. The van der Waals surface area contributed by atoms with Crippen molar-refractivity contribution in [2.45, 2.75) is 19.0 Å². The number of alkyl halides is 3. The number of benzene rings is 1. The second kappa shape index (κ2) is 5.83. The molecule has 0 saturated heterocycles. The lowest BCUT2D eigenvalue weighted by molar-refractivity contribution is -0.392. The van der Waals surface area contributed by atoms with Crippen LogP contribution in [-0.2, 0) is 6.18 Å². The quantitative estimate of drug-likeness (QED) is 0.500. The van der Waals surface area contributed by atoms with Crippen LogP contribution >= 0.6 is 0 Å². The van der Waals surface area contributed by atoms with Gasteiger partial charge in [0.2, 0.25) is 5.69 Å². The number of halogens is 3. The standard InChI is InChI=1S/C14H11F3N4O4/c15-14(16,17)8-5-11(20(22)23)13(12(6-8)21(24)25)19-18-10-4-7-2-1-3-9(7)10/h1,3,5-7,9,19H,2,4H2/b18-10-/t7-,9+/m0/s1. The lowest BCUT2D eigenvalue weighted by Gasteiger charge is -2.31. The molecule has 0 aromatic heterocycles. The number of nitrogens with zero attached hydrogens (tertiary/aromatic N) is 3. The molecule has 3 rings (SSSR count). The number of rotatable bonds is 4. The first kappa shape index (κ1) is 16.9. The van der Waals surface area contributed by atoms with E-state index in [-0.39, 0.29) is 18.1 Å². The average Bonchev–Trinajstić information content (AvgIpc) is 2.86. The molecule has 8 nitrogen and oxygen atoms in total. The number of hydrazone groups is 1. The van der Waals surface area contributed by atoms with Crippen LogP contribution in [0, 0.1) is 32.1 Å². The maximum Gasteiger partial charge on any atom is 0.416 e. The minimum absolute atomic E-state index is 0.0695. The highest BCUT2D eigenvalue weighted by Crippen LogP contribution is 2.43. The summed E-state index contributed by atoms with van der Waals surface area (Å²) in [6, 6.07) is 0.517. The van der Waals surface area contributed by atoms with Gasteiger partial charge in [0.05, 0.1) is 15.4 Å². The largest absolute Gasteiger partial charge is 0.416 e. The van der Waals surface area contributed by atoms with E-state index in [2.05, 4.69) is 10.5 Å². The monoisotopic (exact) mass is 356 g/mol. The van der Waals surface area contributed by atoms with Crippen LogP contribution in [0.5, 0.6) is 0 Å². The van der Waals surface area contributed by atoms with Crippen molar-refractivity contribution in [3.05, 3.63) is 50.1 Å². The van der Waals surface area contributed by atoms with E-state index in [1.165, 1.54) is 0 Å². The lowest BCUT2D eigenvalue weighted by Crippen LogP contribution is -2.33. The molecule has 1 fully saturated rings. The smallest absolute Gasteiger partial charge is 0.266 e. The van der Waals surface area contributed by atoms with Gasteiger partial charge in [0.1, 0.15) is 0 Å². The van der Waals surface area contributed by atoms with Crippen LogP contribution in [0.1, 0.15) is 18.4 Å². The number of hydrogen-bond donors (Lipinski definition) is 1. The molecule has 132 valence electrons. The first-order chi connectivity index (χ1) is 11.7. The third kappa shape index (κ3) is 3.04. The molecule has 0 bridgehead atoms. The molecule has 1 N–H and O–H groups in total. The first-order valence-corrected chi connectivity index (χ1v) is 7.21. The fraction of sp³-hybridized carbons (Fsp3) is 0.357. The van der Waals surface area contributed by atoms with Gasteiger partial charge in [-0.2, -0.15) is 18.3 Å². The van der Waals surface area contributed by atoms with E-state index in [1.807, 2.05) is 12.2 Å². The molecule has 1 saturated carbocycles. The Hall–Kier alpha value is -2.98. The Balaban J connectivity index is 2.01. The van der Waals surface area contributed by atoms with Gasteiger partial charge in [0, 0.05) is 23.8 Å². The molecule has 11 heteroatoms. The Kier molecular flexibility index (Phi) is 3.93. The second-order valence-electron chi connectivity index (χ2n) is 5.77. The minimum Gasteiger partial charge on any atom is -0.266 e. The van der Waals surface area contributed by atoms with E-state index in [1.54, 1.807) is 0 Å². The zero-order valence-corrected chi connectivity index (χ0v) is 12.5. The predicted molar refractivity (Wildman–Crippen MR) is 81.2 cm³/mol. The lowest BCUT2D eigenvalue weighted by atomic mass is 9.74. The molecule has 25 heavy (non-hydrogen) atoms. The van der Waals surface area contributed by atoms with E-state index in [9.17, 15) is 33.4 Å². The fourth-order valence-corrected chi connectivity index (χ4v) is 2.97. The molecule has 1 aromatic carbocycles. The van der Waals surface area contributed by atoms with E-state index < -0.39 is 38.6 Å². The van der Waals surface area contributed by atoms with Crippen molar-refractivity contribution < 1.29 is 23.0 Å². The Morgan fingerprint density at radius 2 is 1.76 bits per heavy atom. The molecule has 0 amide bonds. The third-order valence-electron chi connectivity index (χ3n) is 4.27. The number of hydrogen-bond acceptors (Lipinski definition) is 6. The van der Waals surface area contributed by atoms with Crippen molar-refractivity contribution in [1.29, 1.82) is 0 Å². The summed E-state index contributed by atoms with van der Waals surface area (Å²) in [5.74, 6) is 0.471. The summed E-state index contributed by atoms with van der Waals surface area (Å²) in [6.45, 7) is 0. The van der Waals surface area contributed by atoms with Crippen molar-refractivity contribution in [3.63, 3.8) is 0 Å². The number of anilines is 1. The summed E-state index contributed by atoms with van der Waals surface area (Å²) >= 11 is 0. The number of nitrogens with one attached hydrogen (secondary N) is 1. The van der Waals surface area contributed by atoms with Gasteiger partial charge in [-0.3, -0.25) is 25.7 Å². The van der Waals surface area contributed by atoms with Crippen molar-refractivity contribution in [2.24, 2.45) is 16.9 Å². The molecule has 0 unspecified atom stereocenters. The highest BCUT2D eigenvalue weighted by atomic mass is 19.4. The van der Waals surface area contributed by atoms with Gasteiger partial charge in [-0.25, -0.2) is 0 Å². The Bertz CT molecular complexity index is 784. The normalized spacial score (nSPS) is 23.2. The summed E-state index contributed by atoms with van der Waals surface area (Å²) in [6.07, 6.45) is 0.470. The molecule has 0 radical (unpaired) electrons. The highest BCUT2D eigenvalue weighted by molar-refractivity contribution is 5.95. The fourth-order valence-electron chi connectivity index (χ4n) is 2.97. The van der Waals surface area contributed by atoms with Crippen LogP contribution in [0.2, 0.25) is 0 Å². The molecule has 0 heterocycles. The van der Waals surface area contributed by atoms with Gasteiger partial charge < -0.3 is 0 Å². The molecule has 0 aliphatic heterocycles. The van der Waals surface area contributed by atoms with Crippen LogP contribution in [0.3, 0.4) is 0 Å². The van der Waals surface area contributed by atoms with Crippen LogP contribution in [-0.4, -0.2) is 15.6 Å².